The molecular formula is C15H24N2O2. The van der Waals surface area contributed by atoms with Crippen molar-refractivity contribution in [3.63, 3.8) is 0 Å². The normalized spacial score (nSPS) is 12.9. The highest BCUT2D eigenvalue weighted by molar-refractivity contribution is 5.85. The van der Waals surface area contributed by atoms with Crippen LogP contribution in [0.2, 0.25) is 0 Å². The van der Waals surface area contributed by atoms with Crippen LogP contribution in [0.25, 0.3) is 0 Å². The van der Waals surface area contributed by atoms with E-state index in [1.165, 1.54) is 0 Å². The smallest absolute Gasteiger partial charge is 0.240 e. The Bertz CT molecular complexity index is 430. The van der Waals surface area contributed by atoms with Gasteiger partial charge < -0.3 is 15.4 Å². The number of carbonyl (C=O) groups excluding carboxylic acids is 1. The second-order valence-corrected chi connectivity index (χ2v) is 5.13. The number of likely N-dealkylation sites (N-methyl/N-ethyl adjacent to an activating group) is 1. The third-order valence-corrected chi connectivity index (χ3v) is 3.13. The summed E-state index contributed by atoms with van der Waals surface area (Å²) in [6.07, 6.45) is 0. The van der Waals surface area contributed by atoms with E-state index in [2.05, 4.69) is 10.6 Å². The van der Waals surface area contributed by atoms with Gasteiger partial charge in [-0.25, -0.2) is 0 Å². The van der Waals surface area contributed by atoms with Gasteiger partial charge in [-0.15, -0.1) is 0 Å². The molecule has 1 atom stereocenters. The number of hydrogen-bond acceptors (Lipinski definition) is 3. The van der Waals surface area contributed by atoms with Crippen LogP contribution < -0.4 is 15.4 Å². The second-order valence-electron chi connectivity index (χ2n) is 5.13. The quantitative estimate of drug-likeness (QED) is 0.828. The number of methoxy groups -OCH3 is 1. The highest BCUT2D eigenvalue weighted by Gasteiger charge is 2.27. The lowest BCUT2D eigenvalue weighted by Crippen LogP contribution is -2.52. The number of benzene rings is 1. The molecule has 1 rings (SSSR count). The lowest BCUT2D eigenvalue weighted by Gasteiger charge is -2.27. The summed E-state index contributed by atoms with van der Waals surface area (Å²) in [5, 5.41) is 6.18. The lowest BCUT2D eigenvalue weighted by atomic mass is 10.0. The maximum Gasteiger partial charge on any atom is 0.240 e. The third kappa shape index (κ3) is 4.24. The summed E-state index contributed by atoms with van der Waals surface area (Å²) in [6.45, 7) is 8.47. The van der Waals surface area contributed by atoms with Gasteiger partial charge in [-0.2, -0.15) is 0 Å². The van der Waals surface area contributed by atoms with Gasteiger partial charge in [0.15, 0.2) is 0 Å². The average molecular weight is 264 g/mol. The molecule has 0 aliphatic carbocycles. The van der Waals surface area contributed by atoms with Gasteiger partial charge in [0.1, 0.15) is 5.75 Å². The molecule has 0 heterocycles. The molecule has 0 bridgehead atoms. The van der Waals surface area contributed by atoms with Gasteiger partial charge in [-0.3, -0.25) is 4.79 Å². The monoisotopic (exact) mass is 264 g/mol. The van der Waals surface area contributed by atoms with Gasteiger partial charge in [0, 0.05) is 0 Å². The van der Waals surface area contributed by atoms with E-state index in [1.807, 2.05) is 52.0 Å². The molecule has 1 aromatic carbocycles. The Morgan fingerprint density at radius 3 is 2.68 bits per heavy atom. The molecule has 19 heavy (non-hydrogen) atoms. The molecule has 4 nitrogen and oxygen atoms in total. The molecule has 4 heteroatoms. The number of rotatable bonds is 6. The highest BCUT2D eigenvalue weighted by Crippen LogP contribution is 2.19. The van der Waals surface area contributed by atoms with E-state index in [0.717, 1.165) is 17.9 Å². The van der Waals surface area contributed by atoms with Crippen LogP contribution in [0.5, 0.6) is 5.75 Å². The fraction of sp³-hybridized carbons (Fsp3) is 0.533. The molecule has 0 saturated carbocycles. The minimum atomic E-state index is -0.568. The Labute approximate surface area is 115 Å². The van der Waals surface area contributed by atoms with Crippen molar-refractivity contribution in [2.24, 2.45) is 0 Å². The molecule has 0 aliphatic rings. The Morgan fingerprint density at radius 1 is 1.42 bits per heavy atom. The molecule has 1 aromatic rings. The van der Waals surface area contributed by atoms with Crippen molar-refractivity contribution in [2.75, 3.05) is 13.7 Å². The predicted molar refractivity (Wildman–Crippen MR) is 77.3 cm³/mol. The summed E-state index contributed by atoms with van der Waals surface area (Å²) in [4.78, 5) is 12.2. The average Bonchev–Trinajstić information content (AvgIpc) is 2.38. The molecule has 106 valence electrons. The molecule has 0 aliphatic heterocycles. The standard InChI is InChI=1S/C15H24N2O2/c1-6-16-15(3,4)14(18)17-11(2)12-8-7-9-13(10-12)19-5/h7-11,16H,6H2,1-5H3,(H,17,18). The third-order valence-electron chi connectivity index (χ3n) is 3.13. The molecule has 1 unspecified atom stereocenters. The van der Waals surface area contributed by atoms with Crippen molar-refractivity contribution in [1.29, 1.82) is 0 Å². The zero-order valence-electron chi connectivity index (χ0n) is 12.4. The van der Waals surface area contributed by atoms with E-state index >= 15 is 0 Å². The van der Waals surface area contributed by atoms with Gasteiger partial charge in [-0.05, 0) is 45.0 Å². The van der Waals surface area contributed by atoms with Gasteiger partial charge in [0.25, 0.3) is 0 Å². The fourth-order valence-electron chi connectivity index (χ4n) is 1.89. The van der Waals surface area contributed by atoms with Crippen molar-refractivity contribution in [2.45, 2.75) is 39.3 Å². The summed E-state index contributed by atoms with van der Waals surface area (Å²) in [6, 6.07) is 7.67. The van der Waals surface area contributed by atoms with Crippen LogP contribution in [0.15, 0.2) is 24.3 Å². The summed E-state index contributed by atoms with van der Waals surface area (Å²) in [5.41, 5.74) is 0.460. The molecule has 0 spiro atoms. The topological polar surface area (TPSA) is 50.4 Å². The molecule has 2 N–H and O–H groups in total. The van der Waals surface area contributed by atoms with Crippen molar-refractivity contribution in [3.05, 3.63) is 29.8 Å². The van der Waals surface area contributed by atoms with Gasteiger partial charge in [-0.1, -0.05) is 19.1 Å². The van der Waals surface area contributed by atoms with Crippen LogP contribution in [0.3, 0.4) is 0 Å². The zero-order chi connectivity index (χ0) is 14.5. The minimum absolute atomic E-state index is 0.00956. The van der Waals surface area contributed by atoms with Crippen molar-refractivity contribution < 1.29 is 9.53 Å². The van der Waals surface area contributed by atoms with Crippen LogP contribution in [0, 0.1) is 0 Å². The highest BCUT2D eigenvalue weighted by atomic mass is 16.5. The molecular weight excluding hydrogens is 240 g/mol. The Balaban J connectivity index is 2.73. The van der Waals surface area contributed by atoms with Gasteiger partial charge in [0.2, 0.25) is 5.91 Å². The van der Waals surface area contributed by atoms with Gasteiger partial charge in [0.05, 0.1) is 18.7 Å². The summed E-state index contributed by atoms with van der Waals surface area (Å²) in [5.74, 6) is 0.786. The van der Waals surface area contributed by atoms with Crippen molar-refractivity contribution in [1.82, 2.24) is 10.6 Å². The number of carbonyl (C=O) groups is 1. The maximum absolute atomic E-state index is 12.2. The van der Waals surface area contributed by atoms with E-state index < -0.39 is 5.54 Å². The molecule has 0 aromatic heterocycles. The van der Waals surface area contributed by atoms with E-state index in [1.54, 1.807) is 7.11 Å². The first kappa shape index (κ1) is 15.5. The van der Waals surface area contributed by atoms with E-state index in [4.69, 9.17) is 4.74 Å². The summed E-state index contributed by atoms with van der Waals surface area (Å²) in [7, 11) is 1.64. The van der Waals surface area contributed by atoms with E-state index in [-0.39, 0.29) is 11.9 Å². The molecule has 1 amide bonds. The maximum atomic E-state index is 12.2. The van der Waals surface area contributed by atoms with Crippen LogP contribution in [-0.4, -0.2) is 25.1 Å². The van der Waals surface area contributed by atoms with E-state index in [9.17, 15) is 4.79 Å². The number of amides is 1. The number of hydrogen-bond donors (Lipinski definition) is 2. The second kappa shape index (κ2) is 6.57. The Morgan fingerprint density at radius 2 is 2.11 bits per heavy atom. The van der Waals surface area contributed by atoms with Crippen LogP contribution in [-0.2, 0) is 4.79 Å². The number of ether oxygens (including phenoxy) is 1. The largest absolute Gasteiger partial charge is 0.497 e. The van der Waals surface area contributed by atoms with Gasteiger partial charge >= 0.3 is 0 Å². The number of nitrogens with one attached hydrogen (secondary N) is 2. The van der Waals surface area contributed by atoms with Crippen LogP contribution >= 0.6 is 0 Å². The zero-order valence-corrected chi connectivity index (χ0v) is 12.4. The van der Waals surface area contributed by atoms with Crippen LogP contribution in [0.1, 0.15) is 39.3 Å². The molecule has 0 radical (unpaired) electrons. The first-order valence-corrected chi connectivity index (χ1v) is 6.60. The lowest BCUT2D eigenvalue weighted by molar-refractivity contribution is -0.127. The summed E-state index contributed by atoms with van der Waals surface area (Å²) >= 11 is 0. The minimum Gasteiger partial charge on any atom is -0.497 e. The van der Waals surface area contributed by atoms with E-state index in [0.29, 0.717) is 0 Å². The Kier molecular flexibility index (Phi) is 5.36. The SMILES string of the molecule is CCNC(C)(C)C(=O)NC(C)c1cccc(OC)c1. The summed E-state index contributed by atoms with van der Waals surface area (Å²) < 4.78 is 5.19. The molecule has 0 saturated heterocycles. The van der Waals surface area contributed by atoms with Crippen LogP contribution in [0.4, 0.5) is 0 Å². The predicted octanol–water partition coefficient (Wildman–Crippen LogP) is 2.26. The van der Waals surface area contributed by atoms with Crippen molar-refractivity contribution >= 4 is 5.91 Å². The fourth-order valence-corrected chi connectivity index (χ4v) is 1.89. The van der Waals surface area contributed by atoms with Crippen molar-refractivity contribution in [3.8, 4) is 5.75 Å². The molecule has 0 fully saturated rings. The Hall–Kier alpha value is -1.55. The first-order chi connectivity index (χ1) is 8.90. The first-order valence-electron chi connectivity index (χ1n) is 6.60.